The first-order valence-electron chi connectivity index (χ1n) is 11.2. The number of nitrogens with zero attached hydrogens (tertiary/aromatic N) is 5. The summed E-state index contributed by atoms with van der Waals surface area (Å²) in [6, 6.07) is 14.9. The Morgan fingerprint density at radius 3 is 2.21 bits per heavy atom. The number of hydrogen-bond acceptors (Lipinski definition) is 5. The lowest BCUT2D eigenvalue weighted by Crippen LogP contribution is -2.48. The van der Waals surface area contributed by atoms with Crippen molar-refractivity contribution in [3.05, 3.63) is 81.2 Å². The summed E-state index contributed by atoms with van der Waals surface area (Å²) >= 11 is 0. The number of anilines is 1. The van der Waals surface area contributed by atoms with Crippen molar-refractivity contribution < 1.29 is 9.72 Å². The largest absolute Gasteiger partial charge is 0.368 e. The summed E-state index contributed by atoms with van der Waals surface area (Å²) < 4.78 is 1.62. The fourth-order valence-electron chi connectivity index (χ4n) is 4.27. The van der Waals surface area contributed by atoms with Crippen LogP contribution in [0.4, 0.5) is 11.4 Å². The Kier molecular flexibility index (Phi) is 6.18. The van der Waals surface area contributed by atoms with E-state index in [2.05, 4.69) is 23.8 Å². The van der Waals surface area contributed by atoms with Gasteiger partial charge in [-0.1, -0.05) is 26.0 Å². The Bertz CT molecular complexity index is 1180. The van der Waals surface area contributed by atoms with Crippen molar-refractivity contribution in [2.24, 2.45) is 0 Å². The maximum absolute atomic E-state index is 12.9. The number of piperazine rings is 1. The summed E-state index contributed by atoms with van der Waals surface area (Å²) in [5, 5.41) is 16.1. The highest BCUT2D eigenvalue weighted by Gasteiger charge is 2.25. The molecule has 1 aliphatic heterocycles. The fraction of sp³-hybridized carbons (Fsp3) is 0.360. The van der Waals surface area contributed by atoms with Crippen molar-refractivity contribution >= 4 is 17.3 Å². The monoisotopic (exact) mass is 447 g/mol. The van der Waals surface area contributed by atoms with Gasteiger partial charge in [0.05, 0.1) is 10.6 Å². The maximum Gasteiger partial charge on any atom is 0.295 e. The Labute approximate surface area is 193 Å². The number of aromatic nitrogens is 2. The van der Waals surface area contributed by atoms with Crippen molar-refractivity contribution in [3.8, 4) is 5.69 Å². The van der Waals surface area contributed by atoms with E-state index in [4.69, 9.17) is 0 Å². The van der Waals surface area contributed by atoms with Crippen LogP contribution in [0.5, 0.6) is 0 Å². The summed E-state index contributed by atoms with van der Waals surface area (Å²) in [5.74, 6) is 0.468. The second-order valence-electron chi connectivity index (χ2n) is 8.82. The molecule has 8 heteroatoms. The Morgan fingerprint density at radius 1 is 1.00 bits per heavy atom. The molecule has 0 atom stereocenters. The van der Waals surface area contributed by atoms with Gasteiger partial charge in [0.1, 0.15) is 5.69 Å². The van der Waals surface area contributed by atoms with Crippen molar-refractivity contribution in [2.75, 3.05) is 31.1 Å². The molecule has 3 aromatic rings. The van der Waals surface area contributed by atoms with Gasteiger partial charge in [-0.05, 0) is 55.7 Å². The first kappa shape index (κ1) is 22.5. The lowest BCUT2D eigenvalue weighted by Gasteiger charge is -2.36. The van der Waals surface area contributed by atoms with Gasteiger partial charge < -0.3 is 9.80 Å². The van der Waals surface area contributed by atoms with E-state index in [0.29, 0.717) is 43.3 Å². The molecule has 172 valence electrons. The molecule has 0 aliphatic carbocycles. The molecule has 0 spiro atoms. The van der Waals surface area contributed by atoms with E-state index in [1.165, 1.54) is 11.6 Å². The van der Waals surface area contributed by atoms with E-state index in [0.717, 1.165) is 17.1 Å². The highest BCUT2D eigenvalue weighted by molar-refractivity contribution is 5.94. The molecule has 1 aliphatic rings. The van der Waals surface area contributed by atoms with Gasteiger partial charge in [-0.3, -0.25) is 14.9 Å². The van der Waals surface area contributed by atoms with E-state index < -0.39 is 0 Å². The van der Waals surface area contributed by atoms with Gasteiger partial charge in [0, 0.05) is 49.2 Å². The van der Waals surface area contributed by atoms with Crippen LogP contribution in [0.25, 0.3) is 5.69 Å². The second kappa shape index (κ2) is 9.05. The molecule has 1 amide bonds. The van der Waals surface area contributed by atoms with E-state index in [9.17, 15) is 14.9 Å². The molecule has 33 heavy (non-hydrogen) atoms. The van der Waals surface area contributed by atoms with Crippen LogP contribution < -0.4 is 4.90 Å². The normalized spacial score (nSPS) is 14.1. The van der Waals surface area contributed by atoms with E-state index in [1.807, 2.05) is 55.1 Å². The summed E-state index contributed by atoms with van der Waals surface area (Å²) in [5.41, 5.74) is 4.92. The number of benzene rings is 2. The lowest BCUT2D eigenvalue weighted by atomic mass is 10.0. The fourth-order valence-corrected chi connectivity index (χ4v) is 4.27. The van der Waals surface area contributed by atoms with Crippen LogP contribution in [-0.2, 0) is 0 Å². The highest BCUT2D eigenvalue weighted by Crippen LogP contribution is 2.30. The molecule has 0 radical (unpaired) electrons. The molecule has 2 heterocycles. The summed E-state index contributed by atoms with van der Waals surface area (Å²) in [7, 11) is 0. The van der Waals surface area contributed by atoms with Gasteiger partial charge in [-0.15, -0.1) is 0 Å². The molecule has 0 unspecified atom stereocenters. The minimum Gasteiger partial charge on any atom is -0.368 e. The van der Waals surface area contributed by atoms with Gasteiger partial charge in [-0.2, -0.15) is 5.10 Å². The van der Waals surface area contributed by atoms with E-state index >= 15 is 0 Å². The number of carbonyl (C=O) groups is 1. The van der Waals surface area contributed by atoms with Crippen LogP contribution in [0.15, 0.2) is 48.5 Å². The zero-order chi connectivity index (χ0) is 23.7. The molecule has 1 fully saturated rings. The molecule has 1 saturated heterocycles. The van der Waals surface area contributed by atoms with E-state index in [1.54, 1.807) is 10.7 Å². The number of nitro groups is 1. The number of carbonyl (C=O) groups excluding carboxylic acids is 1. The molecule has 0 saturated carbocycles. The Balaban J connectivity index is 1.50. The minimum absolute atomic E-state index is 0.0172. The first-order valence-corrected chi connectivity index (χ1v) is 11.2. The topological polar surface area (TPSA) is 84.5 Å². The predicted molar refractivity (Wildman–Crippen MR) is 128 cm³/mol. The average Bonchev–Trinajstić information content (AvgIpc) is 3.16. The third kappa shape index (κ3) is 4.60. The zero-order valence-electron chi connectivity index (χ0n) is 19.5. The number of rotatable bonds is 5. The quantitative estimate of drug-likeness (QED) is 0.425. The van der Waals surface area contributed by atoms with Crippen LogP contribution in [0, 0.1) is 24.0 Å². The number of amides is 1. The van der Waals surface area contributed by atoms with Gasteiger partial charge in [0.25, 0.3) is 11.6 Å². The van der Waals surface area contributed by atoms with Gasteiger partial charge in [0.2, 0.25) is 0 Å². The summed E-state index contributed by atoms with van der Waals surface area (Å²) in [4.78, 5) is 28.2. The molecule has 1 aromatic heterocycles. The second-order valence-corrected chi connectivity index (χ2v) is 8.82. The Morgan fingerprint density at radius 2 is 1.67 bits per heavy atom. The van der Waals surface area contributed by atoms with Crippen molar-refractivity contribution in [1.82, 2.24) is 14.7 Å². The van der Waals surface area contributed by atoms with Crippen LogP contribution in [0.2, 0.25) is 0 Å². The van der Waals surface area contributed by atoms with Crippen LogP contribution >= 0.6 is 0 Å². The first-order chi connectivity index (χ1) is 15.7. The zero-order valence-corrected chi connectivity index (χ0v) is 19.5. The van der Waals surface area contributed by atoms with Crippen LogP contribution in [0.3, 0.4) is 0 Å². The average molecular weight is 448 g/mol. The molecule has 0 bridgehead atoms. The van der Waals surface area contributed by atoms with Gasteiger partial charge >= 0.3 is 0 Å². The van der Waals surface area contributed by atoms with Crippen LogP contribution in [-0.4, -0.2) is 51.7 Å². The predicted octanol–water partition coefficient (Wildman–Crippen LogP) is 4.48. The standard InChI is InChI=1S/C25H29N5O3/c1-17(2)20-5-7-21(8-6-20)25(31)28-13-11-27(12-14-28)22-9-10-23(30(32)33)24(16-22)29-19(4)15-18(3)26-29/h5-10,15-17H,11-14H2,1-4H3. The third-order valence-corrected chi connectivity index (χ3v) is 6.15. The molecule has 0 N–H and O–H groups in total. The number of hydrogen-bond donors (Lipinski definition) is 0. The summed E-state index contributed by atoms with van der Waals surface area (Å²) in [6.07, 6.45) is 0. The van der Waals surface area contributed by atoms with Gasteiger partial charge in [0.15, 0.2) is 0 Å². The van der Waals surface area contributed by atoms with Crippen LogP contribution in [0.1, 0.15) is 47.1 Å². The SMILES string of the molecule is Cc1cc(C)n(-c2cc(N3CCN(C(=O)c4ccc(C(C)C)cc4)CC3)ccc2[N+](=O)[O-])n1. The molecular weight excluding hydrogens is 418 g/mol. The van der Waals surface area contributed by atoms with Gasteiger partial charge in [-0.25, -0.2) is 4.68 Å². The molecule has 2 aromatic carbocycles. The smallest absolute Gasteiger partial charge is 0.295 e. The Hall–Kier alpha value is -3.68. The number of aryl methyl sites for hydroxylation is 2. The van der Waals surface area contributed by atoms with Crippen molar-refractivity contribution in [2.45, 2.75) is 33.6 Å². The number of nitro benzene ring substituents is 1. The van der Waals surface area contributed by atoms with E-state index in [-0.39, 0.29) is 16.5 Å². The lowest BCUT2D eigenvalue weighted by molar-refractivity contribution is -0.384. The summed E-state index contributed by atoms with van der Waals surface area (Å²) in [6.45, 7) is 10.5. The third-order valence-electron chi connectivity index (χ3n) is 6.15. The van der Waals surface area contributed by atoms with Crippen molar-refractivity contribution in [3.63, 3.8) is 0 Å². The minimum atomic E-state index is -0.378. The molecule has 8 nitrogen and oxygen atoms in total. The maximum atomic E-state index is 12.9. The highest BCUT2D eigenvalue weighted by atomic mass is 16.6. The molecule has 4 rings (SSSR count). The molecular formula is C25H29N5O3. The van der Waals surface area contributed by atoms with Crippen molar-refractivity contribution in [1.29, 1.82) is 0 Å².